The minimum absolute atomic E-state index is 0.0564. The van der Waals surface area contributed by atoms with Crippen LogP contribution in [0, 0.1) is 5.92 Å². The molecule has 0 fully saturated rings. The third-order valence-corrected chi connectivity index (χ3v) is 3.48. The Bertz CT molecular complexity index is 460. The van der Waals surface area contributed by atoms with Crippen molar-refractivity contribution in [1.82, 2.24) is 9.80 Å². The Kier molecular flexibility index (Phi) is 6.88. The molecule has 2 N–H and O–H groups in total. The van der Waals surface area contributed by atoms with Crippen LogP contribution in [0.1, 0.15) is 12.5 Å². The fourth-order valence-corrected chi connectivity index (χ4v) is 2.08. The second kappa shape index (κ2) is 8.42. The smallest absolute Gasteiger partial charge is 0.241 e. The van der Waals surface area contributed by atoms with Crippen LogP contribution in [0.25, 0.3) is 0 Å². The molecule has 0 aliphatic carbocycles. The van der Waals surface area contributed by atoms with Crippen molar-refractivity contribution >= 4 is 11.8 Å². The fourth-order valence-electron chi connectivity index (χ4n) is 2.08. The van der Waals surface area contributed by atoms with E-state index in [1.54, 1.807) is 19.0 Å². The number of nitrogens with two attached hydrogens (primary N) is 1. The van der Waals surface area contributed by atoms with Gasteiger partial charge in [0, 0.05) is 27.2 Å². The van der Waals surface area contributed by atoms with Crippen molar-refractivity contribution in [3.63, 3.8) is 0 Å². The maximum atomic E-state index is 12.5. The molecule has 0 heterocycles. The molecule has 116 valence electrons. The van der Waals surface area contributed by atoms with E-state index in [2.05, 4.69) is 0 Å². The molecule has 1 aromatic rings. The molecule has 5 heteroatoms. The van der Waals surface area contributed by atoms with Crippen molar-refractivity contribution in [2.75, 3.05) is 33.7 Å². The molecule has 0 radical (unpaired) electrons. The molecule has 1 rings (SSSR count). The van der Waals surface area contributed by atoms with Crippen LogP contribution >= 0.6 is 0 Å². The van der Waals surface area contributed by atoms with Crippen LogP contribution in [0.4, 0.5) is 0 Å². The van der Waals surface area contributed by atoms with Gasteiger partial charge in [-0.05, 0) is 18.9 Å². The van der Waals surface area contributed by atoms with E-state index < -0.39 is 0 Å². The van der Waals surface area contributed by atoms with Gasteiger partial charge in [0.1, 0.15) is 0 Å². The van der Waals surface area contributed by atoms with Gasteiger partial charge < -0.3 is 15.5 Å². The van der Waals surface area contributed by atoms with E-state index in [0.717, 1.165) is 5.56 Å². The number of hydrogen-bond donors (Lipinski definition) is 1. The lowest BCUT2D eigenvalue weighted by molar-refractivity contribution is -0.141. The average molecular weight is 291 g/mol. The van der Waals surface area contributed by atoms with E-state index in [1.807, 2.05) is 37.3 Å². The summed E-state index contributed by atoms with van der Waals surface area (Å²) in [4.78, 5) is 27.4. The standard InChI is InChI=1S/C16H25N3O2/c1-4-19(12-15(20)18(2)3)16(21)14(11-17)10-13-8-6-5-7-9-13/h5-9,14H,4,10-12,17H2,1-3H3. The van der Waals surface area contributed by atoms with Crippen molar-refractivity contribution < 1.29 is 9.59 Å². The van der Waals surface area contributed by atoms with Gasteiger partial charge in [-0.1, -0.05) is 30.3 Å². The van der Waals surface area contributed by atoms with Crippen LogP contribution in [0.2, 0.25) is 0 Å². The molecule has 0 bridgehead atoms. The van der Waals surface area contributed by atoms with Crippen molar-refractivity contribution in [3.8, 4) is 0 Å². The monoisotopic (exact) mass is 291 g/mol. The SMILES string of the molecule is CCN(CC(=O)N(C)C)C(=O)C(CN)Cc1ccccc1. The van der Waals surface area contributed by atoms with E-state index in [1.165, 1.54) is 4.90 Å². The Morgan fingerprint density at radius 1 is 1.19 bits per heavy atom. The van der Waals surface area contributed by atoms with Crippen molar-refractivity contribution in [2.24, 2.45) is 11.7 Å². The molecule has 2 amide bonds. The summed E-state index contributed by atoms with van der Waals surface area (Å²) in [5.74, 6) is -0.429. The molecular weight excluding hydrogens is 266 g/mol. The van der Waals surface area contributed by atoms with Crippen LogP contribution in [0.3, 0.4) is 0 Å². The number of hydrogen-bond acceptors (Lipinski definition) is 3. The minimum atomic E-state index is -0.290. The first-order chi connectivity index (χ1) is 9.99. The summed E-state index contributed by atoms with van der Waals surface area (Å²) in [6, 6.07) is 9.80. The highest BCUT2D eigenvalue weighted by Gasteiger charge is 2.24. The lowest BCUT2D eigenvalue weighted by atomic mass is 9.98. The summed E-state index contributed by atoms with van der Waals surface area (Å²) < 4.78 is 0. The van der Waals surface area contributed by atoms with Crippen molar-refractivity contribution in [2.45, 2.75) is 13.3 Å². The first-order valence-electron chi connectivity index (χ1n) is 7.22. The molecule has 0 aliphatic rings. The number of benzene rings is 1. The highest BCUT2D eigenvalue weighted by molar-refractivity contribution is 5.86. The summed E-state index contributed by atoms with van der Waals surface area (Å²) in [6.07, 6.45) is 0.600. The van der Waals surface area contributed by atoms with Gasteiger partial charge in [-0.3, -0.25) is 9.59 Å². The Morgan fingerprint density at radius 2 is 1.81 bits per heavy atom. The number of carbonyl (C=O) groups is 2. The molecule has 1 aromatic carbocycles. The highest BCUT2D eigenvalue weighted by Crippen LogP contribution is 2.11. The number of amides is 2. The third kappa shape index (κ3) is 5.19. The Labute approximate surface area is 126 Å². The molecule has 21 heavy (non-hydrogen) atoms. The lowest BCUT2D eigenvalue weighted by Gasteiger charge is -2.26. The topological polar surface area (TPSA) is 66.6 Å². The van der Waals surface area contributed by atoms with E-state index in [0.29, 0.717) is 13.0 Å². The van der Waals surface area contributed by atoms with E-state index >= 15 is 0 Å². The zero-order valence-electron chi connectivity index (χ0n) is 13.1. The van der Waals surface area contributed by atoms with Crippen LogP contribution in [0.5, 0.6) is 0 Å². The Morgan fingerprint density at radius 3 is 2.29 bits per heavy atom. The van der Waals surface area contributed by atoms with Gasteiger partial charge in [0.2, 0.25) is 11.8 Å². The molecule has 0 spiro atoms. The molecule has 5 nitrogen and oxygen atoms in total. The van der Waals surface area contributed by atoms with Gasteiger partial charge >= 0.3 is 0 Å². The van der Waals surface area contributed by atoms with Crippen LogP contribution in [0.15, 0.2) is 30.3 Å². The highest BCUT2D eigenvalue weighted by atomic mass is 16.2. The quantitative estimate of drug-likeness (QED) is 0.806. The molecule has 0 saturated carbocycles. The van der Waals surface area contributed by atoms with Crippen LogP contribution < -0.4 is 5.73 Å². The number of nitrogens with zero attached hydrogens (tertiary/aromatic N) is 2. The summed E-state index contributed by atoms with van der Waals surface area (Å²) in [6.45, 7) is 2.76. The predicted molar refractivity (Wildman–Crippen MR) is 83.6 cm³/mol. The number of likely N-dealkylation sites (N-methyl/N-ethyl adjacent to an activating group) is 2. The maximum absolute atomic E-state index is 12.5. The van der Waals surface area contributed by atoms with Crippen LogP contribution in [-0.2, 0) is 16.0 Å². The van der Waals surface area contributed by atoms with Crippen molar-refractivity contribution in [3.05, 3.63) is 35.9 Å². The first kappa shape index (κ1) is 17.2. The van der Waals surface area contributed by atoms with Gasteiger partial charge in [0.15, 0.2) is 0 Å². The average Bonchev–Trinajstić information content (AvgIpc) is 2.50. The summed E-state index contributed by atoms with van der Waals surface area (Å²) in [7, 11) is 3.37. The van der Waals surface area contributed by atoms with Gasteiger partial charge in [-0.25, -0.2) is 0 Å². The summed E-state index contributed by atoms with van der Waals surface area (Å²) in [5, 5.41) is 0. The van der Waals surface area contributed by atoms with Gasteiger partial charge in [-0.2, -0.15) is 0 Å². The zero-order valence-corrected chi connectivity index (χ0v) is 13.1. The molecular formula is C16H25N3O2. The van der Waals surface area contributed by atoms with E-state index in [-0.39, 0.29) is 30.8 Å². The predicted octanol–water partition coefficient (Wildman–Crippen LogP) is 0.741. The second-order valence-corrected chi connectivity index (χ2v) is 5.26. The second-order valence-electron chi connectivity index (χ2n) is 5.26. The summed E-state index contributed by atoms with van der Waals surface area (Å²) >= 11 is 0. The van der Waals surface area contributed by atoms with Gasteiger partial charge in [0.25, 0.3) is 0 Å². The molecule has 1 atom stereocenters. The van der Waals surface area contributed by atoms with E-state index in [9.17, 15) is 9.59 Å². The van der Waals surface area contributed by atoms with Gasteiger partial charge in [0.05, 0.1) is 12.5 Å². The molecule has 0 aromatic heterocycles. The Hall–Kier alpha value is -1.88. The Balaban J connectivity index is 2.73. The normalized spacial score (nSPS) is 11.8. The molecule has 0 saturated heterocycles. The van der Waals surface area contributed by atoms with Crippen molar-refractivity contribution in [1.29, 1.82) is 0 Å². The largest absolute Gasteiger partial charge is 0.347 e. The number of carbonyl (C=O) groups excluding carboxylic acids is 2. The van der Waals surface area contributed by atoms with E-state index in [4.69, 9.17) is 5.73 Å². The van der Waals surface area contributed by atoms with Gasteiger partial charge in [-0.15, -0.1) is 0 Å². The summed E-state index contributed by atoms with van der Waals surface area (Å²) in [5.41, 5.74) is 6.84. The fraction of sp³-hybridized carbons (Fsp3) is 0.500. The lowest BCUT2D eigenvalue weighted by Crippen LogP contribution is -2.45. The third-order valence-electron chi connectivity index (χ3n) is 3.48. The van der Waals surface area contributed by atoms with Crippen LogP contribution in [-0.4, -0.2) is 55.3 Å². The molecule has 1 unspecified atom stereocenters. The maximum Gasteiger partial charge on any atom is 0.241 e. The zero-order chi connectivity index (χ0) is 15.8. The number of rotatable bonds is 7. The first-order valence-corrected chi connectivity index (χ1v) is 7.22. The minimum Gasteiger partial charge on any atom is -0.347 e. The molecule has 0 aliphatic heterocycles.